The maximum Gasteiger partial charge on any atom is 0.163 e. The van der Waals surface area contributed by atoms with Gasteiger partial charge in [0.05, 0.1) is 0 Å². The summed E-state index contributed by atoms with van der Waals surface area (Å²) in [6.45, 7) is 3.71. The topological polar surface area (TPSA) is 49.4 Å². The van der Waals surface area contributed by atoms with E-state index in [1.54, 1.807) is 0 Å². The molecule has 0 aromatic heterocycles. The lowest BCUT2D eigenvalue weighted by Crippen LogP contribution is -2.59. The first-order chi connectivity index (χ1) is 14.7. The molecule has 5 rings (SSSR count). The van der Waals surface area contributed by atoms with Gasteiger partial charge in [0.1, 0.15) is 5.54 Å². The van der Waals surface area contributed by atoms with Gasteiger partial charge in [-0.25, -0.2) is 0 Å². The molecule has 3 aliphatic rings. The van der Waals surface area contributed by atoms with Gasteiger partial charge in [-0.2, -0.15) is 0 Å². The molecule has 0 spiro atoms. The third-order valence-corrected chi connectivity index (χ3v) is 7.12. The summed E-state index contributed by atoms with van der Waals surface area (Å²) in [4.78, 5) is 28.5. The number of carbonyl (C=O) groups is 2. The minimum absolute atomic E-state index is 0.238. The van der Waals surface area contributed by atoms with Crippen LogP contribution in [0.4, 0.5) is 0 Å². The fourth-order valence-corrected chi connectivity index (χ4v) is 5.56. The van der Waals surface area contributed by atoms with Crippen LogP contribution in [0, 0.1) is 0 Å². The Bertz CT molecular complexity index is 977. The Morgan fingerprint density at radius 1 is 0.967 bits per heavy atom. The van der Waals surface area contributed by atoms with E-state index in [1.165, 1.54) is 18.4 Å². The van der Waals surface area contributed by atoms with E-state index in [0.717, 1.165) is 67.7 Å². The molecule has 0 bridgehead atoms. The number of rotatable bonds is 5. The van der Waals surface area contributed by atoms with Crippen LogP contribution in [0.15, 0.2) is 42.5 Å². The predicted octanol–water partition coefficient (Wildman–Crippen LogP) is 3.45. The summed E-state index contributed by atoms with van der Waals surface area (Å²) in [6, 6.07) is 14.5. The van der Waals surface area contributed by atoms with Crippen molar-refractivity contribution in [1.82, 2.24) is 10.2 Å². The maximum absolute atomic E-state index is 13.9. The first-order valence-corrected chi connectivity index (χ1v) is 11.4. The van der Waals surface area contributed by atoms with Gasteiger partial charge in [0.25, 0.3) is 0 Å². The van der Waals surface area contributed by atoms with Crippen molar-refractivity contribution in [2.45, 2.75) is 50.5 Å². The lowest BCUT2D eigenvalue weighted by molar-refractivity contribution is -0.126. The number of benzene rings is 2. The van der Waals surface area contributed by atoms with Crippen LogP contribution >= 0.6 is 0 Å². The van der Waals surface area contributed by atoms with E-state index < -0.39 is 5.54 Å². The van der Waals surface area contributed by atoms with Gasteiger partial charge >= 0.3 is 0 Å². The summed E-state index contributed by atoms with van der Waals surface area (Å²) < 4.78 is 0. The molecule has 2 aromatic carbocycles. The zero-order valence-electron chi connectivity index (χ0n) is 17.6. The number of Topliss-reactive ketones (excluding diaryl/α,β-unsaturated/α-hetero) is 2. The Balaban J connectivity index is 1.48. The molecule has 4 nitrogen and oxygen atoms in total. The molecular formula is C26H30N2O2. The van der Waals surface area contributed by atoms with Gasteiger partial charge in [0, 0.05) is 31.5 Å². The van der Waals surface area contributed by atoms with E-state index in [2.05, 4.69) is 40.5 Å². The number of carbonyl (C=O) groups excluding carboxylic acids is 2. The van der Waals surface area contributed by atoms with E-state index in [-0.39, 0.29) is 11.6 Å². The highest BCUT2D eigenvalue weighted by molar-refractivity contribution is 5.99. The standard InChI is InChI=1S/C26H30N2O2/c29-24-9-5-7-21-16-19(10-11-22(21)24)17-25(30)26(18-28-14-3-4-15-28)23-8-2-1-6-20(23)12-13-27-26/h1-2,6,8,10-11,16,27H,3-5,7,9,12-15,17-18H2. The molecular weight excluding hydrogens is 372 g/mol. The molecule has 30 heavy (non-hydrogen) atoms. The first-order valence-electron chi connectivity index (χ1n) is 11.4. The summed E-state index contributed by atoms with van der Waals surface area (Å²) >= 11 is 0. The van der Waals surface area contributed by atoms with E-state index in [1.807, 2.05) is 12.1 Å². The molecule has 1 unspecified atom stereocenters. The third kappa shape index (κ3) is 3.52. The van der Waals surface area contributed by atoms with Crippen LogP contribution in [0.25, 0.3) is 0 Å². The Morgan fingerprint density at radius 3 is 2.67 bits per heavy atom. The fraction of sp³-hybridized carbons (Fsp3) is 0.462. The molecule has 0 amide bonds. The van der Waals surface area contributed by atoms with Gasteiger partial charge in [-0.3, -0.25) is 14.9 Å². The largest absolute Gasteiger partial charge is 0.301 e. The normalized spacial score (nSPS) is 23.8. The van der Waals surface area contributed by atoms with Gasteiger partial charge < -0.3 is 4.90 Å². The predicted molar refractivity (Wildman–Crippen MR) is 118 cm³/mol. The number of nitrogens with zero attached hydrogens (tertiary/aromatic N) is 1. The van der Waals surface area contributed by atoms with Crippen molar-refractivity contribution in [2.75, 3.05) is 26.2 Å². The van der Waals surface area contributed by atoms with Crippen molar-refractivity contribution in [1.29, 1.82) is 0 Å². The molecule has 1 fully saturated rings. The van der Waals surface area contributed by atoms with Crippen LogP contribution in [0.1, 0.15) is 58.3 Å². The number of aryl methyl sites for hydroxylation is 1. The molecule has 1 aliphatic carbocycles. The number of likely N-dealkylation sites (tertiary alicyclic amines) is 1. The van der Waals surface area contributed by atoms with Gasteiger partial charge in [0.2, 0.25) is 0 Å². The Labute approximate surface area is 178 Å². The summed E-state index contributed by atoms with van der Waals surface area (Å²) in [5.41, 5.74) is 4.79. The molecule has 1 saturated heterocycles. The Hall–Kier alpha value is -2.30. The van der Waals surface area contributed by atoms with Crippen LogP contribution < -0.4 is 5.32 Å². The van der Waals surface area contributed by atoms with Gasteiger partial charge in [-0.1, -0.05) is 42.5 Å². The zero-order chi connectivity index (χ0) is 20.6. The molecule has 1 atom stereocenters. The SMILES string of the molecule is O=C1CCCc2cc(CC(=O)C3(CN4CCCC4)NCCc4ccccc43)ccc21. The van der Waals surface area contributed by atoms with Crippen molar-refractivity contribution in [2.24, 2.45) is 0 Å². The summed E-state index contributed by atoms with van der Waals surface area (Å²) in [7, 11) is 0. The van der Waals surface area contributed by atoms with E-state index in [0.29, 0.717) is 12.8 Å². The lowest BCUT2D eigenvalue weighted by Gasteiger charge is -2.41. The monoisotopic (exact) mass is 402 g/mol. The Morgan fingerprint density at radius 2 is 1.80 bits per heavy atom. The van der Waals surface area contributed by atoms with Gasteiger partial charge in [-0.05, 0) is 67.4 Å². The molecule has 2 aromatic rings. The van der Waals surface area contributed by atoms with E-state index in [4.69, 9.17) is 0 Å². The highest BCUT2D eigenvalue weighted by Crippen LogP contribution is 2.33. The summed E-state index contributed by atoms with van der Waals surface area (Å²) in [5.74, 6) is 0.478. The molecule has 1 N–H and O–H groups in total. The smallest absolute Gasteiger partial charge is 0.163 e. The van der Waals surface area contributed by atoms with Crippen LogP contribution in [-0.2, 0) is 29.6 Å². The average Bonchev–Trinajstić information content (AvgIpc) is 3.27. The van der Waals surface area contributed by atoms with Crippen LogP contribution in [0.2, 0.25) is 0 Å². The molecule has 4 heteroatoms. The van der Waals surface area contributed by atoms with Gasteiger partial charge in [0.15, 0.2) is 11.6 Å². The highest BCUT2D eigenvalue weighted by Gasteiger charge is 2.44. The van der Waals surface area contributed by atoms with Crippen molar-refractivity contribution >= 4 is 11.6 Å². The summed E-state index contributed by atoms with van der Waals surface area (Å²) in [6.07, 6.45) is 6.28. The van der Waals surface area contributed by atoms with Crippen molar-refractivity contribution < 1.29 is 9.59 Å². The second-order valence-electron chi connectivity index (χ2n) is 9.09. The van der Waals surface area contributed by atoms with E-state index >= 15 is 0 Å². The minimum Gasteiger partial charge on any atom is -0.301 e. The molecule has 156 valence electrons. The van der Waals surface area contributed by atoms with Crippen molar-refractivity contribution in [3.05, 3.63) is 70.3 Å². The molecule has 2 heterocycles. The van der Waals surface area contributed by atoms with Crippen molar-refractivity contribution in [3.63, 3.8) is 0 Å². The van der Waals surface area contributed by atoms with Crippen LogP contribution in [0.3, 0.4) is 0 Å². The first kappa shape index (κ1) is 19.7. The molecule has 2 aliphatic heterocycles. The number of hydrogen-bond acceptors (Lipinski definition) is 4. The fourth-order valence-electron chi connectivity index (χ4n) is 5.56. The zero-order valence-corrected chi connectivity index (χ0v) is 17.6. The number of nitrogens with one attached hydrogen (secondary N) is 1. The maximum atomic E-state index is 13.9. The van der Waals surface area contributed by atoms with Gasteiger partial charge in [-0.15, -0.1) is 0 Å². The number of ketones is 2. The van der Waals surface area contributed by atoms with Crippen LogP contribution in [0.5, 0.6) is 0 Å². The molecule has 0 radical (unpaired) electrons. The quantitative estimate of drug-likeness (QED) is 0.832. The Kier molecular flexibility index (Phi) is 5.30. The number of hydrogen-bond donors (Lipinski definition) is 1. The summed E-state index contributed by atoms with van der Waals surface area (Å²) in [5, 5.41) is 3.66. The van der Waals surface area contributed by atoms with Crippen LogP contribution in [-0.4, -0.2) is 42.6 Å². The average molecular weight is 403 g/mol. The van der Waals surface area contributed by atoms with E-state index in [9.17, 15) is 9.59 Å². The lowest BCUT2D eigenvalue weighted by atomic mass is 9.76. The second kappa shape index (κ2) is 8.09. The third-order valence-electron chi connectivity index (χ3n) is 7.12. The molecule has 0 saturated carbocycles. The van der Waals surface area contributed by atoms with Crippen molar-refractivity contribution in [3.8, 4) is 0 Å². The minimum atomic E-state index is -0.648. The second-order valence-corrected chi connectivity index (χ2v) is 9.09. The highest BCUT2D eigenvalue weighted by atomic mass is 16.1. The number of fused-ring (bicyclic) bond motifs is 2.